The van der Waals surface area contributed by atoms with E-state index in [1.165, 1.54) is 37.0 Å². The molecule has 2 atom stereocenters. The van der Waals surface area contributed by atoms with Crippen molar-refractivity contribution in [1.82, 2.24) is 5.06 Å². The number of nitrogens with zero attached hydrogens (tertiary/aromatic N) is 3. The van der Waals surface area contributed by atoms with E-state index in [1.54, 1.807) is 48.5 Å². The number of rotatable bonds is 9. The third kappa shape index (κ3) is 7.54. The number of anilines is 2. The van der Waals surface area contributed by atoms with Crippen molar-refractivity contribution in [2.24, 2.45) is 0 Å². The van der Waals surface area contributed by atoms with Crippen molar-refractivity contribution >= 4 is 43.3 Å². The van der Waals surface area contributed by atoms with Gasteiger partial charge in [-0.05, 0) is 48.2 Å². The predicted molar refractivity (Wildman–Crippen MR) is 151 cm³/mol. The van der Waals surface area contributed by atoms with Gasteiger partial charge >= 0.3 is 5.97 Å². The highest BCUT2D eigenvalue weighted by atomic mass is 32.2. The minimum atomic E-state index is -3.21. The standard InChI is InChI=1S/C14H20N2O5S.C12H15NO5S/c1-15(21-3)14(17)13(20-2)11-5-7-12(8-6-11)16-9-4-10-22(16,18)19;1-18-11(12(14)15)9-3-5-10(6-4-9)13-7-2-8-19(13,16)17/h5-8,13H,4,9-10H2,1-3H3;3-6,11H,2,7-8H2,1H3,(H,14,15). The van der Waals surface area contributed by atoms with Crippen molar-refractivity contribution in [1.29, 1.82) is 0 Å². The molecule has 0 saturated carbocycles. The zero-order valence-electron chi connectivity index (χ0n) is 23.3. The molecule has 0 aromatic heterocycles. The van der Waals surface area contributed by atoms with E-state index in [9.17, 15) is 26.4 Å². The predicted octanol–water partition coefficient (Wildman–Crippen LogP) is 1.93. The van der Waals surface area contributed by atoms with Crippen LogP contribution in [0.25, 0.3) is 0 Å². The van der Waals surface area contributed by atoms with Gasteiger partial charge in [0.2, 0.25) is 20.0 Å². The largest absolute Gasteiger partial charge is 0.479 e. The number of benzene rings is 2. The molecular formula is C26H35N3O10S2. The van der Waals surface area contributed by atoms with Crippen molar-refractivity contribution < 1.29 is 45.8 Å². The smallest absolute Gasteiger partial charge is 0.337 e. The summed E-state index contributed by atoms with van der Waals surface area (Å²) in [5.41, 5.74) is 2.28. The number of carbonyl (C=O) groups excluding carboxylic acids is 1. The second kappa shape index (κ2) is 13.6. The fourth-order valence-corrected chi connectivity index (χ4v) is 7.63. The number of methoxy groups -OCH3 is 2. The molecule has 2 aliphatic heterocycles. The van der Waals surface area contributed by atoms with Gasteiger partial charge in [-0.25, -0.2) is 26.7 Å². The molecule has 4 rings (SSSR count). The fraction of sp³-hybridized carbons (Fsp3) is 0.462. The van der Waals surface area contributed by atoms with Gasteiger partial charge in [-0.2, -0.15) is 0 Å². The highest BCUT2D eigenvalue weighted by molar-refractivity contribution is 7.93. The molecule has 1 amide bonds. The lowest BCUT2D eigenvalue weighted by atomic mass is 10.1. The Kier molecular flexibility index (Phi) is 10.7. The van der Waals surface area contributed by atoms with Gasteiger partial charge in [0.25, 0.3) is 5.91 Å². The maximum atomic E-state index is 12.1. The second-order valence-electron chi connectivity index (χ2n) is 9.25. The van der Waals surface area contributed by atoms with Crippen molar-refractivity contribution in [2.45, 2.75) is 25.0 Å². The van der Waals surface area contributed by atoms with E-state index < -0.39 is 38.2 Å². The van der Waals surface area contributed by atoms with E-state index in [1.807, 2.05) is 0 Å². The van der Waals surface area contributed by atoms with E-state index in [0.717, 1.165) is 5.06 Å². The summed E-state index contributed by atoms with van der Waals surface area (Å²) in [6.45, 7) is 0.953. The van der Waals surface area contributed by atoms with Crippen LogP contribution in [0.1, 0.15) is 36.2 Å². The monoisotopic (exact) mass is 613 g/mol. The Labute approximate surface area is 240 Å². The third-order valence-corrected chi connectivity index (χ3v) is 10.4. The zero-order chi connectivity index (χ0) is 30.4. The number of carboxylic acid groups (broad SMARTS) is 1. The molecule has 2 unspecified atom stereocenters. The summed E-state index contributed by atoms with van der Waals surface area (Å²) in [4.78, 5) is 27.9. The van der Waals surface area contributed by atoms with Crippen LogP contribution in [0.4, 0.5) is 11.4 Å². The molecule has 0 aliphatic carbocycles. The molecule has 0 radical (unpaired) electrons. The molecule has 0 spiro atoms. The minimum absolute atomic E-state index is 0.157. The Morgan fingerprint density at radius 1 is 0.756 bits per heavy atom. The number of carbonyl (C=O) groups is 2. The van der Waals surface area contributed by atoms with E-state index in [4.69, 9.17) is 19.4 Å². The van der Waals surface area contributed by atoms with E-state index in [-0.39, 0.29) is 17.4 Å². The molecule has 2 heterocycles. The van der Waals surface area contributed by atoms with Gasteiger partial charge in [0, 0.05) is 34.4 Å². The molecule has 2 aromatic rings. The topological polar surface area (TPSA) is 160 Å². The molecular weight excluding hydrogens is 578 g/mol. The number of aliphatic carboxylic acids is 1. The number of ether oxygens (including phenoxy) is 2. The van der Waals surface area contributed by atoms with Crippen LogP contribution in [0.3, 0.4) is 0 Å². The summed E-state index contributed by atoms with van der Waals surface area (Å²) in [6, 6.07) is 13.1. The lowest BCUT2D eigenvalue weighted by molar-refractivity contribution is -0.179. The Bertz CT molecular complexity index is 1410. The summed E-state index contributed by atoms with van der Waals surface area (Å²) in [6.07, 6.45) is -0.597. The van der Waals surface area contributed by atoms with Gasteiger partial charge in [-0.3, -0.25) is 18.2 Å². The van der Waals surface area contributed by atoms with Crippen molar-refractivity contribution in [3.8, 4) is 0 Å². The molecule has 226 valence electrons. The number of amides is 1. The first-order valence-corrected chi connectivity index (χ1v) is 15.9. The summed E-state index contributed by atoms with van der Waals surface area (Å²) in [5.74, 6) is -1.09. The first-order valence-electron chi connectivity index (χ1n) is 12.7. The molecule has 13 nitrogen and oxygen atoms in total. The summed E-state index contributed by atoms with van der Waals surface area (Å²) < 4.78 is 60.1. The maximum absolute atomic E-state index is 12.1. The first-order chi connectivity index (χ1) is 19.4. The van der Waals surface area contributed by atoms with Gasteiger partial charge in [0.15, 0.2) is 12.2 Å². The van der Waals surface area contributed by atoms with Crippen LogP contribution < -0.4 is 8.61 Å². The van der Waals surface area contributed by atoms with Crippen LogP contribution in [0.5, 0.6) is 0 Å². The average molecular weight is 614 g/mol. The third-order valence-electron chi connectivity index (χ3n) is 6.67. The van der Waals surface area contributed by atoms with Crippen molar-refractivity contribution in [2.75, 3.05) is 61.6 Å². The van der Waals surface area contributed by atoms with E-state index in [0.29, 0.717) is 48.4 Å². The van der Waals surface area contributed by atoms with Gasteiger partial charge in [0.1, 0.15) is 0 Å². The molecule has 1 N–H and O–H groups in total. The number of hydroxylamine groups is 2. The number of likely N-dealkylation sites (N-methyl/N-ethyl adjacent to an activating group) is 1. The average Bonchev–Trinajstić information content (AvgIpc) is 3.49. The van der Waals surface area contributed by atoms with Crippen LogP contribution in [0.2, 0.25) is 0 Å². The summed E-state index contributed by atoms with van der Waals surface area (Å²) in [5, 5.41) is 10.0. The van der Waals surface area contributed by atoms with Crippen LogP contribution in [0, 0.1) is 0 Å². The van der Waals surface area contributed by atoms with Crippen LogP contribution in [-0.2, 0) is 43.9 Å². The van der Waals surface area contributed by atoms with Crippen LogP contribution in [0.15, 0.2) is 48.5 Å². The lowest BCUT2D eigenvalue weighted by Gasteiger charge is -2.22. The van der Waals surface area contributed by atoms with Crippen molar-refractivity contribution in [3.63, 3.8) is 0 Å². The Hall–Kier alpha value is -3.24. The maximum Gasteiger partial charge on any atom is 0.337 e. The van der Waals surface area contributed by atoms with Gasteiger partial charge < -0.3 is 14.6 Å². The molecule has 2 aliphatic rings. The first kappa shape index (κ1) is 32.3. The molecule has 15 heteroatoms. The molecule has 41 heavy (non-hydrogen) atoms. The number of carboxylic acids is 1. The highest BCUT2D eigenvalue weighted by Gasteiger charge is 2.30. The van der Waals surface area contributed by atoms with Gasteiger partial charge in [-0.1, -0.05) is 24.3 Å². The Morgan fingerprint density at radius 3 is 1.44 bits per heavy atom. The summed E-state index contributed by atoms with van der Waals surface area (Å²) >= 11 is 0. The fourth-order valence-electron chi connectivity index (χ4n) is 4.50. The SMILES string of the molecule is COC(C(=O)N(C)OC)c1ccc(N2CCCS2(=O)=O)cc1.COC(C(=O)O)c1ccc(N2CCCS2(=O)=O)cc1. The highest BCUT2D eigenvalue weighted by Crippen LogP contribution is 2.28. The Morgan fingerprint density at radius 2 is 1.15 bits per heavy atom. The normalized spacial score (nSPS) is 18.7. The quantitative estimate of drug-likeness (QED) is 0.414. The minimum Gasteiger partial charge on any atom is -0.479 e. The summed E-state index contributed by atoms with van der Waals surface area (Å²) in [7, 11) is -0.768. The zero-order valence-corrected chi connectivity index (χ0v) is 24.9. The van der Waals surface area contributed by atoms with E-state index >= 15 is 0 Å². The van der Waals surface area contributed by atoms with Crippen molar-refractivity contribution in [3.05, 3.63) is 59.7 Å². The van der Waals surface area contributed by atoms with E-state index in [2.05, 4.69) is 0 Å². The number of sulfonamides is 2. The molecule has 2 fully saturated rings. The van der Waals surface area contributed by atoms with Crippen LogP contribution >= 0.6 is 0 Å². The molecule has 2 saturated heterocycles. The van der Waals surface area contributed by atoms with Gasteiger partial charge in [-0.15, -0.1) is 0 Å². The lowest BCUT2D eigenvalue weighted by Crippen LogP contribution is -2.31. The van der Waals surface area contributed by atoms with Crippen LogP contribution in [-0.4, -0.2) is 91.9 Å². The number of hydrogen-bond donors (Lipinski definition) is 1. The molecule has 2 aromatic carbocycles. The molecule has 0 bridgehead atoms. The number of hydrogen-bond acceptors (Lipinski definition) is 9. The Balaban J connectivity index is 0.000000228. The van der Waals surface area contributed by atoms with Gasteiger partial charge in [0.05, 0.1) is 30.0 Å². The second-order valence-corrected chi connectivity index (χ2v) is 13.3.